The molecule has 6 heterocycles. The van der Waals surface area contributed by atoms with E-state index >= 15 is 4.79 Å². The summed E-state index contributed by atoms with van der Waals surface area (Å²) in [5.41, 5.74) is -3.15. The molecule has 6 aliphatic rings. The second-order valence-electron chi connectivity index (χ2n) is 18.1. The van der Waals surface area contributed by atoms with Gasteiger partial charge in [-0.1, -0.05) is 44.2 Å². The van der Waals surface area contributed by atoms with Crippen LogP contribution in [0.4, 0.5) is 5.69 Å². The van der Waals surface area contributed by atoms with E-state index in [-0.39, 0.29) is 12.3 Å². The maximum Gasteiger partial charge on any atom is 0.344 e. The largest absolute Gasteiger partial charge is 0.496 e. The number of benzene rings is 2. The van der Waals surface area contributed by atoms with E-state index in [4.69, 9.17) is 18.9 Å². The van der Waals surface area contributed by atoms with Gasteiger partial charge in [0.15, 0.2) is 6.10 Å². The molecule has 9 rings (SSSR count). The Morgan fingerprint density at radius 1 is 0.967 bits per heavy atom. The molecule has 0 radical (unpaired) electrons. The summed E-state index contributed by atoms with van der Waals surface area (Å²) in [7, 11) is 4.09. The zero-order valence-electron chi connectivity index (χ0n) is 35.3. The molecule has 2 saturated heterocycles. The zero-order chi connectivity index (χ0) is 42.6. The summed E-state index contributed by atoms with van der Waals surface area (Å²) in [4.78, 5) is 66.1. The zero-order valence-corrected chi connectivity index (χ0v) is 35.3. The summed E-state index contributed by atoms with van der Waals surface area (Å²) in [6.45, 7) is 8.16. The number of nitrogens with zero attached hydrogens (tertiary/aromatic N) is 3. The number of rotatable bonds is 8. The van der Waals surface area contributed by atoms with E-state index in [1.807, 2.05) is 50.3 Å². The van der Waals surface area contributed by atoms with Gasteiger partial charge in [0.05, 0.1) is 38.7 Å². The van der Waals surface area contributed by atoms with Crippen LogP contribution in [-0.2, 0) is 50.6 Å². The van der Waals surface area contributed by atoms with E-state index in [1.54, 1.807) is 6.07 Å². The van der Waals surface area contributed by atoms with E-state index < -0.39 is 63.5 Å². The monoisotopic (exact) mass is 824 g/mol. The van der Waals surface area contributed by atoms with Crippen molar-refractivity contribution < 1.29 is 48.3 Å². The van der Waals surface area contributed by atoms with Gasteiger partial charge in [0.1, 0.15) is 11.2 Å². The number of ether oxygens (including phenoxy) is 4. The molecule has 1 aliphatic carbocycles. The number of nitrogens with one attached hydrogen (secondary N) is 1. The maximum absolute atomic E-state index is 15.3. The van der Waals surface area contributed by atoms with E-state index in [0.717, 1.165) is 16.5 Å². The fraction of sp³-hybridized carbons (Fsp3) is 0.565. The molecule has 3 aromatic rings. The average molecular weight is 825 g/mol. The van der Waals surface area contributed by atoms with E-state index in [2.05, 4.69) is 20.9 Å². The van der Waals surface area contributed by atoms with Crippen LogP contribution in [0.1, 0.15) is 75.3 Å². The molecule has 320 valence electrons. The molecule has 14 nitrogen and oxygen atoms in total. The number of fused-ring (bicyclic) bond motifs is 6. The van der Waals surface area contributed by atoms with Crippen molar-refractivity contribution in [3.63, 3.8) is 0 Å². The molecule has 1 unspecified atom stereocenters. The van der Waals surface area contributed by atoms with Crippen molar-refractivity contribution >= 4 is 40.9 Å². The molecule has 14 heteroatoms. The van der Waals surface area contributed by atoms with Crippen LogP contribution in [0, 0.1) is 11.3 Å². The van der Waals surface area contributed by atoms with Gasteiger partial charge in [-0.3, -0.25) is 24.2 Å². The van der Waals surface area contributed by atoms with Crippen molar-refractivity contribution in [2.24, 2.45) is 11.3 Å². The second-order valence-corrected chi connectivity index (χ2v) is 18.1. The number of esters is 3. The Morgan fingerprint density at radius 2 is 1.73 bits per heavy atom. The van der Waals surface area contributed by atoms with Gasteiger partial charge >= 0.3 is 17.9 Å². The molecule has 2 bridgehead atoms. The number of amides is 1. The molecule has 2 aromatic carbocycles. The predicted molar refractivity (Wildman–Crippen MR) is 221 cm³/mol. The van der Waals surface area contributed by atoms with Crippen molar-refractivity contribution in [3.8, 4) is 5.75 Å². The van der Waals surface area contributed by atoms with Crippen LogP contribution in [-0.4, -0.2) is 133 Å². The minimum atomic E-state index is -2.53. The normalized spacial score (nSPS) is 36.5. The lowest BCUT2D eigenvalue weighted by Gasteiger charge is -2.63. The van der Waals surface area contributed by atoms with Crippen LogP contribution in [0.2, 0.25) is 0 Å². The Balaban J connectivity index is 1.38. The number of H-pyrrole nitrogens is 1. The number of aromatic nitrogens is 1. The highest BCUT2D eigenvalue weighted by Crippen LogP contribution is 2.68. The highest BCUT2D eigenvalue weighted by atomic mass is 16.6. The summed E-state index contributed by atoms with van der Waals surface area (Å²) in [6.07, 6.45) is 5.83. The quantitative estimate of drug-likeness (QED) is 0.131. The molecule has 1 amide bonds. The lowest BCUT2D eigenvalue weighted by atomic mass is 9.47. The Kier molecular flexibility index (Phi) is 9.58. The van der Waals surface area contributed by atoms with Gasteiger partial charge in [-0.05, 0) is 74.2 Å². The topological polar surface area (TPSA) is 171 Å². The van der Waals surface area contributed by atoms with Gasteiger partial charge in [-0.25, -0.2) is 4.79 Å². The molecule has 1 aromatic heterocycles. The number of aliphatic hydroxyl groups is 2. The van der Waals surface area contributed by atoms with Crippen LogP contribution < -0.4 is 9.64 Å². The van der Waals surface area contributed by atoms with Crippen molar-refractivity contribution in [2.45, 2.75) is 99.5 Å². The number of aromatic amines is 1. The van der Waals surface area contributed by atoms with E-state index in [9.17, 15) is 24.6 Å². The number of hydrogen-bond donors (Lipinski definition) is 3. The van der Waals surface area contributed by atoms with Gasteiger partial charge in [0.25, 0.3) is 0 Å². The summed E-state index contributed by atoms with van der Waals surface area (Å²) in [5.74, 6) is -2.06. The molecule has 1 saturated carbocycles. The Bertz CT molecular complexity index is 2310. The second kappa shape index (κ2) is 14.1. The molecular weight excluding hydrogens is 769 g/mol. The first-order valence-corrected chi connectivity index (χ1v) is 21.3. The number of hydrogen-bond acceptors (Lipinski definition) is 12. The third kappa shape index (κ3) is 5.19. The van der Waals surface area contributed by atoms with Gasteiger partial charge < -0.3 is 39.0 Å². The number of carbonyl (C=O) groups excluding carboxylic acids is 4. The predicted octanol–water partition coefficient (Wildman–Crippen LogP) is 3.52. The van der Waals surface area contributed by atoms with E-state index in [0.29, 0.717) is 99.5 Å². The molecule has 5 aliphatic heterocycles. The fourth-order valence-corrected chi connectivity index (χ4v) is 13.4. The fourth-order valence-electron chi connectivity index (χ4n) is 13.4. The first-order valence-electron chi connectivity index (χ1n) is 21.3. The van der Waals surface area contributed by atoms with Crippen LogP contribution >= 0.6 is 0 Å². The molecule has 60 heavy (non-hydrogen) atoms. The van der Waals surface area contributed by atoms with Gasteiger partial charge in [-0.15, -0.1) is 0 Å². The molecule has 3 fully saturated rings. The standard InChI is InChI=1S/C46H56N4O10/c1-7-42(55)22-28-23-45(40(53)58-5,36-30(14-18-48(24-28)25-42)29-12-9-10-13-33(29)47-36)32-20-31-34(21-35(32)57-4)50(26-51)38-44(31)16-19-49-17-11-15-43(8-2,37(44)49)39(60-27(3)52)46(38,56)41(54)59-6/h9-13,15,20-21,26,28,37-39,47,55-56H,7-8,14,16-19,22-25H2,1-6H3/t28-,37+,38+,39-,42+,43-,44-,45+,46+/m1/s1. The van der Waals surface area contributed by atoms with Crippen LogP contribution in [0.15, 0.2) is 48.6 Å². The summed E-state index contributed by atoms with van der Waals surface area (Å²) in [6, 6.07) is 9.97. The first-order chi connectivity index (χ1) is 28.8. The molecular formula is C46H56N4O10. The highest BCUT2D eigenvalue weighted by molar-refractivity contribution is 5.96. The molecule has 10 atom stereocenters. The Hall–Kier alpha value is -4.76. The van der Waals surface area contributed by atoms with Crippen LogP contribution in [0.5, 0.6) is 5.75 Å². The highest BCUT2D eigenvalue weighted by Gasteiger charge is 2.81. The van der Waals surface area contributed by atoms with Crippen LogP contribution in [0.25, 0.3) is 10.9 Å². The van der Waals surface area contributed by atoms with Gasteiger partial charge in [-0.2, -0.15) is 0 Å². The summed E-state index contributed by atoms with van der Waals surface area (Å²) >= 11 is 0. The average Bonchev–Trinajstić information content (AvgIpc) is 3.92. The van der Waals surface area contributed by atoms with Gasteiger partial charge in [0.2, 0.25) is 12.0 Å². The Morgan fingerprint density at radius 3 is 2.42 bits per heavy atom. The van der Waals surface area contributed by atoms with Gasteiger partial charge in [0, 0.05) is 78.2 Å². The van der Waals surface area contributed by atoms with Crippen LogP contribution in [0.3, 0.4) is 0 Å². The molecule has 3 N–H and O–H groups in total. The smallest absolute Gasteiger partial charge is 0.344 e. The van der Waals surface area contributed by atoms with Crippen molar-refractivity contribution in [1.29, 1.82) is 0 Å². The minimum Gasteiger partial charge on any atom is -0.496 e. The van der Waals surface area contributed by atoms with E-state index in [1.165, 1.54) is 33.2 Å². The Labute approximate surface area is 349 Å². The molecule has 1 spiro atoms. The summed E-state index contributed by atoms with van der Waals surface area (Å²) in [5, 5.41) is 26.3. The third-order valence-corrected chi connectivity index (χ3v) is 15.5. The maximum atomic E-state index is 15.3. The lowest BCUT2D eigenvalue weighted by Crippen LogP contribution is -2.81. The number of anilines is 1. The number of methoxy groups -OCH3 is 3. The number of carbonyl (C=O) groups is 4. The minimum absolute atomic E-state index is 0.155. The SMILES string of the molecule is CC[C@]1(O)C[C@H]2CN(CCc3c([nH]c4ccccc34)[C@@](C(=O)OC)(c3cc4c(cc3OC)N(C=O)[C@@H]3[C@@](O)(C(=O)OC)[C@H](OC(C)=O)[C@]5(CC)C=CCN6CC[C@]43[C@@H]65)C2)C1. The third-order valence-electron chi connectivity index (χ3n) is 15.5. The lowest BCUT2D eigenvalue weighted by molar-refractivity contribution is -0.228. The van der Waals surface area contributed by atoms with Crippen molar-refractivity contribution in [2.75, 3.05) is 59.0 Å². The number of para-hydroxylation sites is 1. The summed E-state index contributed by atoms with van der Waals surface area (Å²) < 4.78 is 23.7. The van der Waals surface area contributed by atoms with Crippen molar-refractivity contribution in [3.05, 3.63) is 70.9 Å². The number of piperidine rings is 1. The first kappa shape index (κ1) is 40.6. The van der Waals surface area contributed by atoms with Crippen molar-refractivity contribution in [1.82, 2.24) is 14.8 Å².